The molecule has 3 aromatic carbocycles. The van der Waals surface area contributed by atoms with Crippen molar-refractivity contribution in [2.75, 3.05) is 0 Å². The molecule has 0 aromatic heterocycles. The molecule has 6 nitrogen and oxygen atoms in total. The maximum atomic E-state index is 14.1. The van der Waals surface area contributed by atoms with Crippen molar-refractivity contribution < 1.29 is 19.1 Å². The minimum atomic E-state index is -0.616. The van der Waals surface area contributed by atoms with Crippen molar-refractivity contribution in [1.29, 1.82) is 0 Å². The van der Waals surface area contributed by atoms with Crippen LogP contribution in [0, 0.1) is 12.7 Å². The molecule has 0 atom stereocenters. The molecule has 3 aromatic rings. The lowest BCUT2D eigenvalue weighted by Crippen LogP contribution is -2.28. The number of hydrogen-bond donors (Lipinski definition) is 1. The minimum Gasteiger partial charge on any atom is -0.507 e. The number of thioether (sulfide) groups is 1. The number of phenolic OH excluding ortho intramolecular Hbond substituents is 1. The molecule has 10 heteroatoms. The lowest BCUT2D eigenvalue weighted by Gasteiger charge is -2.14. The van der Waals surface area contributed by atoms with Gasteiger partial charge >= 0.3 is 0 Å². The number of benzene rings is 3. The first-order valence-corrected chi connectivity index (χ1v) is 11.5. The molecule has 0 unspecified atom stereocenters. The molecule has 1 aliphatic heterocycles. The molecule has 1 aliphatic rings. The Morgan fingerprint density at radius 3 is 2.44 bits per heavy atom. The Kier molecular flexibility index (Phi) is 7.02. The number of halogens is 3. The van der Waals surface area contributed by atoms with Gasteiger partial charge in [-0.2, -0.15) is 10.2 Å². The summed E-state index contributed by atoms with van der Waals surface area (Å²) in [6.07, 6.45) is 1.38. The molecule has 0 spiro atoms. The highest BCUT2D eigenvalue weighted by atomic mass is 35.5. The lowest BCUT2D eigenvalue weighted by atomic mass is 10.1. The summed E-state index contributed by atoms with van der Waals surface area (Å²) in [6.45, 7) is 1.58. The van der Waals surface area contributed by atoms with E-state index in [1.54, 1.807) is 18.2 Å². The van der Waals surface area contributed by atoms with Crippen LogP contribution in [0.4, 0.5) is 20.6 Å². The predicted octanol–water partition coefficient (Wildman–Crippen LogP) is 7.80. The average Bonchev–Trinajstić information content (AvgIpc) is 3.06. The molecule has 172 valence electrons. The van der Waals surface area contributed by atoms with Crippen LogP contribution in [0.15, 0.2) is 69.7 Å². The zero-order chi connectivity index (χ0) is 24.4. The van der Waals surface area contributed by atoms with Crippen LogP contribution in [0.25, 0.3) is 6.08 Å². The number of amides is 2. The first-order chi connectivity index (χ1) is 16.2. The van der Waals surface area contributed by atoms with Crippen LogP contribution in [0.1, 0.15) is 16.7 Å². The zero-order valence-corrected chi connectivity index (χ0v) is 20.0. The van der Waals surface area contributed by atoms with Crippen molar-refractivity contribution in [3.05, 3.63) is 92.1 Å². The van der Waals surface area contributed by atoms with Crippen molar-refractivity contribution in [2.45, 2.75) is 13.5 Å². The molecule has 1 heterocycles. The van der Waals surface area contributed by atoms with Gasteiger partial charge in [-0.05, 0) is 72.8 Å². The van der Waals surface area contributed by atoms with E-state index in [-0.39, 0.29) is 33.3 Å². The van der Waals surface area contributed by atoms with E-state index in [1.807, 2.05) is 13.0 Å². The van der Waals surface area contributed by atoms with E-state index < -0.39 is 17.0 Å². The molecule has 1 saturated heterocycles. The van der Waals surface area contributed by atoms with E-state index >= 15 is 0 Å². The largest absolute Gasteiger partial charge is 0.507 e. The molecule has 1 N–H and O–H groups in total. The summed E-state index contributed by atoms with van der Waals surface area (Å²) in [7, 11) is 0. The summed E-state index contributed by atoms with van der Waals surface area (Å²) < 4.78 is 14.1. The van der Waals surface area contributed by atoms with Crippen molar-refractivity contribution in [1.82, 2.24) is 4.90 Å². The smallest absolute Gasteiger partial charge is 0.293 e. The van der Waals surface area contributed by atoms with Crippen molar-refractivity contribution in [3.8, 4) is 5.75 Å². The lowest BCUT2D eigenvalue weighted by molar-refractivity contribution is -0.123. The average molecular weight is 516 g/mol. The van der Waals surface area contributed by atoms with Gasteiger partial charge in [-0.25, -0.2) is 4.39 Å². The number of rotatable bonds is 5. The van der Waals surface area contributed by atoms with Gasteiger partial charge in [0, 0.05) is 21.2 Å². The fraction of sp³-hybridized carbons (Fsp3) is 0.0833. The second-order valence-corrected chi connectivity index (χ2v) is 9.15. The molecule has 1 fully saturated rings. The monoisotopic (exact) mass is 515 g/mol. The molecule has 0 radical (unpaired) electrons. The molecular formula is C24H16Cl2FN3O3S. The molecule has 2 amide bonds. The van der Waals surface area contributed by atoms with Gasteiger partial charge in [-0.3, -0.25) is 14.5 Å². The summed E-state index contributed by atoms with van der Waals surface area (Å²) in [5, 5.41) is 18.7. The van der Waals surface area contributed by atoms with Gasteiger partial charge in [-0.15, -0.1) is 0 Å². The number of azo groups is 1. The van der Waals surface area contributed by atoms with E-state index in [9.17, 15) is 19.1 Å². The van der Waals surface area contributed by atoms with E-state index in [0.717, 1.165) is 10.5 Å². The van der Waals surface area contributed by atoms with Crippen LogP contribution in [0.5, 0.6) is 5.75 Å². The van der Waals surface area contributed by atoms with Crippen LogP contribution < -0.4 is 0 Å². The number of carbonyl (C=O) groups is 2. The SMILES string of the molecule is Cc1ccc(N=Nc2ccc(O)c(/C=C3\SC(=O)N(Cc4c(F)cccc4Cl)C3=O)c2)cc1Cl. The Morgan fingerprint density at radius 2 is 1.74 bits per heavy atom. The first-order valence-electron chi connectivity index (χ1n) is 9.92. The van der Waals surface area contributed by atoms with Gasteiger partial charge in [0.15, 0.2) is 0 Å². The number of nitrogens with zero attached hydrogens (tertiary/aromatic N) is 3. The van der Waals surface area contributed by atoms with E-state index in [0.29, 0.717) is 28.2 Å². The van der Waals surface area contributed by atoms with E-state index in [1.165, 1.54) is 36.4 Å². The highest BCUT2D eigenvalue weighted by Gasteiger charge is 2.36. The summed E-state index contributed by atoms with van der Waals surface area (Å²) in [5.74, 6) is -1.34. The Morgan fingerprint density at radius 1 is 1.03 bits per heavy atom. The Hall–Kier alpha value is -3.20. The van der Waals surface area contributed by atoms with Crippen molar-refractivity contribution >= 4 is 63.6 Å². The maximum absolute atomic E-state index is 14.1. The van der Waals surface area contributed by atoms with Crippen LogP contribution in [0.3, 0.4) is 0 Å². The second-order valence-electron chi connectivity index (χ2n) is 7.34. The van der Waals surface area contributed by atoms with Crippen molar-refractivity contribution in [2.24, 2.45) is 10.2 Å². The summed E-state index contributed by atoms with van der Waals surface area (Å²) in [5.41, 5.74) is 2.21. The normalized spacial score (nSPS) is 15.2. The number of aryl methyl sites for hydroxylation is 1. The second kappa shape index (κ2) is 9.97. The van der Waals surface area contributed by atoms with Crippen molar-refractivity contribution in [3.63, 3.8) is 0 Å². The molecular weight excluding hydrogens is 500 g/mol. The summed E-state index contributed by atoms with van der Waals surface area (Å²) in [6, 6.07) is 13.9. The molecule has 34 heavy (non-hydrogen) atoms. The third-order valence-electron chi connectivity index (χ3n) is 4.99. The highest BCUT2D eigenvalue weighted by molar-refractivity contribution is 8.18. The number of imide groups is 1. The van der Waals surface area contributed by atoms with Gasteiger partial charge < -0.3 is 5.11 Å². The van der Waals surface area contributed by atoms with Gasteiger partial charge in [0.2, 0.25) is 0 Å². The summed E-state index contributed by atoms with van der Waals surface area (Å²) in [4.78, 5) is 26.2. The Labute approximate surface area is 208 Å². The number of aromatic hydroxyl groups is 1. The third-order valence-corrected chi connectivity index (χ3v) is 6.65. The fourth-order valence-corrected chi connectivity index (χ4v) is 4.32. The third kappa shape index (κ3) is 5.14. The fourth-order valence-electron chi connectivity index (χ4n) is 3.10. The summed E-state index contributed by atoms with van der Waals surface area (Å²) >= 11 is 12.8. The molecule has 4 rings (SSSR count). The number of hydrogen-bond acceptors (Lipinski definition) is 6. The Balaban J connectivity index is 1.57. The minimum absolute atomic E-state index is 0.0502. The van der Waals surface area contributed by atoms with Gasteiger partial charge in [-0.1, -0.05) is 35.3 Å². The van der Waals surface area contributed by atoms with Crippen LogP contribution >= 0.6 is 35.0 Å². The van der Waals surface area contributed by atoms with Gasteiger partial charge in [0.25, 0.3) is 11.1 Å². The number of carbonyl (C=O) groups excluding carboxylic acids is 2. The van der Waals surface area contributed by atoms with Crippen LogP contribution in [-0.4, -0.2) is 21.2 Å². The van der Waals surface area contributed by atoms with Gasteiger partial charge in [0.05, 0.1) is 22.8 Å². The standard InChI is InChI=1S/C24H16Cl2FN3O3S/c1-13-5-6-16(11-19(13)26)29-28-15-7-8-21(31)14(9-15)10-22-23(32)30(24(33)34-22)12-17-18(25)3-2-4-20(17)27/h2-11,31H,12H2,1H3/b22-10-,29-28?. The van der Waals surface area contributed by atoms with E-state index in [2.05, 4.69) is 10.2 Å². The first kappa shape index (κ1) is 23.9. The maximum Gasteiger partial charge on any atom is 0.293 e. The molecule has 0 bridgehead atoms. The molecule has 0 saturated carbocycles. The predicted molar refractivity (Wildman–Crippen MR) is 131 cm³/mol. The molecule has 0 aliphatic carbocycles. The van der Waals surface area contributed by atoms with Gasteiger partial charge in [0.1, 0.15) is 11.6 Å². The van der Waals surface area contributed by atoms with Crippen LogP contribution in [0.2, 0.25) is 10.0 Å². The zero-order valence-electron chi connectivity index (χ0n) is 17.6. The topological polar surface area (TPSA) is 82.3 Å². The van der Waals surface area contributed by atoms with Crippen LogP contribution in [-0.2, 0) is 11.3 Å². The Bertz CT molecular complexity index is 1360. The quantitative estimate of drug-likeness (QED) is 0.277. The highest BCUT2D eigenvalue weighted by Crippen LogP contribution is 2.37. The van der Waals surface area contributed by atoms with E-state index in [4.69, 9.17) is 23.2 Å². The number of phenols is 1.